The molecule has 9 nitrogen and oxygen atoms in total. The molecule has 1 fully saturated rings. The lowest BCUT2D eigenvalue weighted by atomic mass is 10.1. The van der Waals surface area contributed by atoms with E-state index in [0.717, 1.165) is 6.26 Å². The van der Waals surface area contributed by atoms with Crippen LogP contribution in [0.3, 0.4) is 0 Å². The highest BCUT2D eigenvalue weighted by Gasteiger charge is 2.24. The molecule has 0 aromatic carbocycles. The Hall–Kier alpha value is -0.910. The number of piperidine rings is 1. The van der Waals surface area contributed by atoms with E-state index < -0.39 is 25.6 Å². The molecule has 1 rings (SSSR count). The van der Waals surface area contributed by atoms with Gasteiger partial charge in [-0.25, -0.2) is 21.6 Å². The van der Waals surface area contributed by atoms with Crippen molar-refractivity contribution in [2.45, 2.75) is 18.9 Å². The van der Waals surface area contributed by atoms with E-state index >= 15 is 0 Å². The first-order valence-corrected chi connectivity index (χ1v) is 10.2. The summed E-state index contributed by atoms with van der Waals surface area (Å²) in [5.41, 5.74) is 5.41. The zero-order valence-electron chi connectivity index (χ0n) is 11.9. The second-order valence-electron chi connectivity index (χ2n) is 5.21. The van der Waals surface area contributed by atoms with E-state index in [1.165, 1.54) is 0 Å². The van der Waals surface area contributed by atoms with Crippen molar-refractivity contribution >= 4 is 25.7 Å². The van der Waals surface area contributed by atoms with Crippen molar-refractivity contribution in [1.82, 2.24) is 9.62 Å². The number of likely N-dealkylation sites (tertiary alicyclic amines) is 1. The van der Waals surface area contributed by atoms with Crippen LogP contribution in [0.5, 0.6) is 0 Å². The molecule has 1 heterocycles. The molecular formula is C10H22N4O5S2. The third-order valence-electron chi connectivity index (χ3n) is 3.17. The quantitative estimate of drug-likeness (QED) is 0.213. The van der Waals surface area contributed by atoms with Crippen LogP contribution in [0, 0.1) is 0 Å². The van der Waals surface area contributed by atoms with Crippen LogP contribution in [0.25, 0.3) is 0 Å². The summed E-state index contributed by atoms with van der Waals surface area (Å²) in [5.74, 6) is -0.692. The molecule has 1 saturated heterocycles. The Labute approximate surface area is 125 Å². The van der Waals surface area contributed by atoms with Gasteiger partial charge >= 0.3 is 0 Å². The number of rotatable bonds is 7. The van der Waals surface area contributed by atoms with Crippen LogP contribution < -0.4 is 10.5 Å². The minimum Gasteiger partial charge on any atom is -0.409 e. The predicted molar refractivity (Wildman–Crippen MR) is 79.5 cm³/mol. The Kier molecular flexibility index (Phi) is 6.38. The summed E-state index contributed by atoms with van der Waals surface area (Å²) in [5, 5.41) is 11.4. The zero-order valence-corrected chi connectivity index (χ0v) is 13.5. The monoisotopic (exact) mass is 342 g/mol. The van der Waals surface area contributed by atoms with Crippen LogP contribution in [0.15, 0.2) is 5.16 Å². The Morgan fingerprint density at radius 1 is 1.29 bits per heavy atom. The fraction of sp³-hybridized carbons (Fsp3) is 0.900. The van der Waals surface area contributed by atoms with Crippen molar-refractivity contribution in [3.8, 4) is 0 Å². The average molecular weight is 342 g/mol. The van der Waals surface area contributed by atoms with E-state index in [2.05, 4.69) is 9.88 Å². The van der Waals surface area contributed by atoms with Crippen LogP contribution in [0.4, 0.5) is 0 Å². The SMILES string of the molecule is CS(=O)(=O)CCS(=O)(=O)NC1CCN(CC(N)=NO)CC1. The van der Waals surface area contributed by atoms with Gasteiger partial charge in [-0.15, -0.1) is 0 Å². The second-order valence-corrected chi connectivity index (χ2v) is 9.34. The molecule has 0 amide bonds. The summed E-state index contributed by atoms with van der Waals surface area (Å²) in [4.78, 5) is 1.95. The van der Waals surface area contributed by atoms with Gasteiger partial charge in [-0.1, -0.05) is 5.16 Å². The third-order valence-corrected chi connectivity index (χ3v) is 5.81. The molecule has 4 N–H and O–H groups in total. The second kappa shape index (κ2) is 7.38. The Morgan fingerprint density at radius 2 is 1.86 bits per heavy atom. The maximum absolute atomic E-state index is 11.8. The van der Waals surface area contributed by atoms with E-state index in [0.29, 0.717) is 32.5 Å². The molecule has 0 aromatic heterocycles. The molecule has 0 atom stereocenters. The van der Waals surface area contributed by atoms with Crippen LogP contribution in [0.1, 0.15) is 12.8 Å². The molecule has 1 aliphatic rings. The summed E-state index contributed by atoms with van der Waals surface area (Å²) in [6, 6.07) is -0.210. The molecule has 0 spiro atoms. The Bertz CT molecular complexity index is 564. The Balaban J connectivity index is 2.41. The highest BCUT2D eigenvalue weighted by molar-refractivity contribution is 7.93. The minimum absolute atomic E-state index is 0.113. The molecule has 124 valence electrons. The van der Waals surface area contributed by atoms with Crippen molar-refractivity contribution < 1.29 is 22.0 Å². The third kappa shape index (κ3) is 7.60. The topological polar surface area (TPSA) is 142 Å². The fourth-order valence-corrected chi connectivity index (χ4v) is 4.99. The van der Waals surface area contributed by atoms with Crippen LogP contribution >= 0.6 is 0 Å². The smallest absolute Gasteiger partial charge is 0.212 e. The number of amidine groups is 1. The highest BCUT2D eigenvalue weighted by atomic mass is 32.2. The summed E-state index contributed by atoms with van der Waals surface area (Å²) < 4.78 is 48.1. The number of sulfonamides is 1. The number of hydrogen-bond donors (Lipinski definition) is 3. The van der Waals surface area contributed by atoms with E-state index in [9.17, 15) is 16.8 Å². The van der Waals surface area contributed by atoms with Gasteiger partial charge in [-0.3, -0.25) is 4.90 Å². The molecule has 0 aliphatic carbocycles. The van der Waals surface area contributed by atoms with E-state index in [-0.39, 0.29) is 17.6 Å². The summed E-state index contributed by atoms with van der Waals surface area (Å²) in [6.07, 6.45) is 2.20. The van der Waals surface area contributed by atoms with Gasteiger partial charge in [0.05, 0.1) is 18.1 Å². The minimum atomic E-state index is -3.60. The number of oxime groups is 1. The molecular weight excluding hydrogens is 320 g/mol. The molecule has 11 heteroatoms. The number of nitrogens with two attached hydrogens (primary N) is 1. The summed E-state index contributed by atoms with van der Waals surface area (Å²) >= 11 is 0. The van der Waals surface area contributed by atoms with Gasteiger partial charge in [0.1, 0.15) is 9.84 Å². The van der Waals surface area contributed by atoms with Gasteiger partial charge in [0.25, 0.3) is 0 Å². The molecule has 21 heavy (non-hydrogen) atoms. The maximum atomic E-state index is 11.8. The molecule has 0 aromatic rings. The van der Waals surface area contributed by atoms with Gasteiger partial charge < -0.3 is 10.9 Å². The molecule has 1 aliphatic heterocycles. The zero-order chi connectivity index (χ0) is 16.1. The molecule has 0 bridgehead atoms. The van der Waals surface area contributed by atoms with Crippen molar-refractivity contribution in [2.75, 3.05) is 37.4 Å². The first kappa shape index (κ1) is 18.1. The number of sulfone groups is 1. The number of nitrogens with zero attached hydrogens (tertiary/aromatic N) is 2. The van der Waals surface area contributed by atoms with Crippen LogP contribution in [-0.4, -0.2) is 76.2 Å². The van der Waals surface area contributed by atoms with Crippen LogP contribution in [0.2, 0.25) is 0 Å². The van der Waals surface area contributed by atoms with Gasteiger partial charge in [0.2, 0.25) is 10.0 Å². The van der Waals surface area contributed by atoms with Gasteiger partial charge in [0.15, 0.2) is 5.84 Å². The largest absolute Gasteiger partial charge is 0.409 e. The average Bonchev–Trinajstić information content (AvgIpc) is 2.38. The van der Waals surface area contributed by atoms with Crippen LogP contribution in [-0.2, 0) is 19.9 Å². The van der Waals surface area contributed by atoms with Crippen molar-refractivity contribution in [2.24, 2.45) is 10.9 Å². The molecule has 0 saturated carbocycles. The normalized spacial score (nSPS) is 19.8. The number of nitrogens with one attached hydrogen (secondary N) is 1. The van der Waals surface area contributed by atoms with Crippen molar-refractivity contribution in [3.63, 3.8) is 0 Å². The van der Waals surface area contributed by atoms with Gasteiger partial charge in [-0.05, 0) is 12.8 Å². The lowest BCUT2D eigenvalue weighted by Gasteiger charge is -2.31. The summed E-state index contributed by atoms with van der Waals surface area (Å²) in [6.45, 7) is 1.58. The Morgan fingerprint density at radius 3 is 2.33 bits per heavy atom. The van der Waals surface area contributed by atoms with Gasteiger partial charge in [0, 0.05) is 25.4 Å². The maximum Gasteiger partial charge on any atom is 0.212 e. The number of hydrogen-bond acceptors (Lipinski definition) is 7. The van der Waals surface area contributed by atoms with E-state index in [1.54, 1.807) is 0 Å². The fourth-order valence-electron chi connectivity index (χ4n) is 2.04. The first-order chi connectivity index (χ1) is 9.61. The van der Waals surface area contributed by atoms with Gasteiger partial charge in [-0.2, -0.15) is 0 Å². The molecule has 0 unspecified atom stereocenters. The standard InChI is InChI=1S/C10H22N4O5S2/c1-20(16,17)6-7-21(18,19)13-9-2-4-14(5-3-9)8-10(11)12-15/h9,13,15H,2-8H2,1H3,(H2,11,12). The van der Waals surface area contributed by atoms with E-state index in [4.69, 9.17) is 10.9 Å². The van der Waals surface area contributed by atoms with Crippen molar-refractivity contribution in [1.29, 1.82) is 0 Å². The lowest BCUT2D eigenvalue weighted by Crippen LogP contribution is -2.47. The van der Waals surface area contributed by atoms with E-state index in [1.807, 2.05) is 4.90 Å². The lowest BCUT2D eigenvalue weighted by molar-refractivity contribution is 0.228. The predicted octanol–water partition coefficient (Wildman–Crippen LogP) is -1.84. The summed E-state index contributed by atoms with van der Waals surface area (Å²) in [7, 11) is -6.90. The first-order valence-electron chi connectivity index (χ1n) is 6.48. The molecule has 0 radical (unpaired) electrons. The van der Waals surface area contributed by atoms with Crippen molar-refractivity contribution in [3.05, 3.63) is 0 Å². The highest BCUT2D eigenvalue weighted by Crippen LogP contribution is 2.11.